The van der Waals surface area contributed by atoms with Crippen LogP contribution in [0.1, 0.15) is 25.3 Å². The number of benzene rings is 1. The van der Waals surface area contributed by atoms with Gasteiger partial charge in [-0.2, -0.15) is 0 Å². The first-order valence-corrected chi connectivity index (χ1v) is 6.98. The molecule has 0 aromatic heterocycles. The zero-order valence-electron chi connectivity index (χ0n) is 9.49. The first kappa shape index (κ1) is 11.9. The number of anilines is 1. The Bertz CT molecular complexity index is 552. The minimum Gasteiger partial charge on any atom is -0.306 e. The molecule has 2 rings (SSSR count). The van der Waals surface area contributed by atoms with Crippen molar-refractivity contribution in [3.8, 4) is 0 Å². The number of hydrogen-bond donors (Lipinski definition) is 2. The summed E-state index contributed by atoms with van der Waals surface area (Å²) < 4.78 is 25.4. The number of carbonyl (C=O) groups is 1. The highest BCUT2D eigenvalue weighted by molar-refractivity contribution is 7.90. The summed E-state index contributed by atoms with van der Waals surface area (Å²) >= 11 is 0. The lowest BCUT2D eigenvalue weighted by molar-refractivity contribution is 0.256. The largest absolute Gasteiger partial charge is 0.333 e. The van der Waals surface area contributed by atoms with E-state index in [2.05, 4.69) is 12.2 Å². The Morgan fingerprint density at radius 3 is 2.76 bits per heavy atom. The molecule has 0 unspecified atom stereocenters. The van der Waals surface area contributed by atoms with Crippen molar-refractivity contribution in [1.29, 1.82) is 0 Å². The molecule has 92 valence electrons. The van der Waals surface area contributed by atoms with Crippen LogP contribution in [0.25, 0.3) is 0 Å². The number of aryl methyl sites for hydroxylation is 1. The molecule has 5 nitrogen and oxygen atoms in total. The molecule has 1 aliphatic heterocycles. The number of rotatable bonds is 3. The Labute approximate surface area is 100 Å². The fourth-order valence-electron chi connectivity index (χ4n) is 1.75. The Kier molecular flexibility index (Phi) is 3.06. The Morgan fingerprint density at radius 2 is 2.06 bits per heavy atom. The first-order valence-electron chi connectivity index (χ1n) is 5.49. The fraction of sp³-hybridized carbons (Fsp3) is 0.364. The highest BCUT2D eigenvalue weighted by Gasteiger charge is 2.27. The van der Waals surface area contributed by atoms with Crippen LogP contribution in [0.2, 0.25) is 0 Å². The van der Waals surface area contributed by atoms with Gasteiger partial charge in [0, 0.05) is 0 Å². The van der Waals surface area contributed by atoms with Gasteiger partial charge in [0.05, 0.1) is 5.69 Å². The van der Waals surface area contributed by atoms with E-state index in [0.717, 1.165) is 24.8 Å². The zero-order valence-corrected chi connectivity index (χ0v) is 10.3. The predicted molar refractivity (Wildman–Crippen MR) is 64.4 cm³/mol. The molecular formula is C11H14N2O3S. The molecule has 17 heavy (non-hydrogen) atoms. The molecule has 0 atom stereocenters. The molecular weight excluding hydrogens is 240 g/mol. The third-order valence-corrected chi connectivity index (χ3v) is 4.00. The van der Waals surface area contributed by atoms with Crippen LogP contribution in [-0.4, -0.2) is 14.4 Å². The van der Waals surface area contributed by atoms with E-state index in [-0.39, 0.29) is 4.90 Å². The standard InChI is InChI=1S/C11H14N2O3S/c1-2-3-4-8-5-6-9-10(7-8)17(15,16)13-11(14)12-9/h5-7H,2-4H2,1H3,(H2,12,13,14). The number of urea groups is 1. The highest BCUT2D eigenvalue weighted by Crippen LogP contribution is 2.26. The second kappa shape index (κ2) is 4.37. The van der Waals surface area contributed by atoms with Crippen LogP contribution in [-0.2, 0) is 16.4 Å². The molecule has 0 saturated carbocycles. The summed E-state index contributed by atoms with van der Waals surface area (Å²) in [5.41, 5.74) is 1.31. The zero-order chi connectivity index (χ0) is 12.5. The minimum absolute atomic E-state index is 0.144. The molecule has 0 bridgehead atoms. The maximum atomic E-state index is 11.7. The molecule has 1 aromatic rings. The van der Waals surface area contributed by atoms with Gasteiger partial charge in [-0.15, -0.1) is 0 Å². The quantitative estimate of drug-likeness (QED) is 0.864. The maximum absolute atomic E-state index is 11.7. The van der Waals surface area contributed by atoms with Gasteiger partial charge in [0.25, 0.3) is 10.0 Å². The van der Waals surface area contributed by atoms with Crippen LogP contribution < -0.4 is 10.0 Å². The van der Waals surface area contributed by atoms with E-state index in [1.807, 2.05) is 10.8 Å². The molecule has 0 aliphatic carbocycles. The van der Waals surface area contributed by atoms with Crippen molar-refractivity contribution in [2.75, 3.05) is 5.32 Å². The summed E-state index contributed by atoms with van der Waals surface area (Å²) in [6.45, 7) is 2.08. The van der Waals surface area contributed by atoms with Crippen LogP contribution in [0.3, 0.4) is 0 Å². The van der Waals surface area contributed by atoms with Gasteiger partial charge >= 0.3 is 6.03 Å². The molecule has 0 fully saturated rings. The van der Waals surface area contributed by atoms with Gasteiger partial charge in [-0.1, -0.05) is 19.4 Å². The molecule has 0 radical (unpaired) electrons. The van der Waals surface area contributed by atoms with Crippen LogP contribution in [0.5, 0.6) is 0 Å². The monoisotopic (exact) mass is 254 g/mol. The van der Waals surface area contributed by atoms with Crippen molar-refractivity contribution in [1.82, 2.24) is 4.72 Å². The number of sulfonamides is 1. The van der Waals surface area contributed by atoms with Crippen LogP contribution in [0.4, 0.5) is 10.5 Å². The average Bonchev–Trinajstić information content (AvgIpc) is 2.25. The summed E-state index contributed by atoms with van der Waals surface area (Å²) in [4.78, 5) is 11.2. The van der Waals surface area contributed by atoms with Crippen molar-refractivity contribution in [2.45, 2.75) is 31.1 Å². The van der Waals surface area contributed by atoms with Gasteiger partial charge in [-0.3, -0.25) is 0 Å². The summed E-state index contributed by atoms with van der Waals surface area (Å²) in [7, 11) is -3.70. The predicted octanol–water partition coefficient (Wildman–Crippen LogP) is 1.85. The number of nitrogens with one attached hydrogen (secondary N) is 2. The second-order valence-electron chi connectivity index (χ2n) is 3.99. The number of hydrogen-bond acceptors (Lipinski definition) is 3. The van der Waals surface area contributed by atoms with Crippen LogP contribution in [0, 0.1) is 0 Å². The van der Waals surface area contributed by atoms with Gasteiger partial charge in [-0.05, 0) is 30.5 Å². The smallest absolute Gasteiger partial charge is 0.306 e. The summed E-state index contributed by atoms with van der Waals surface area (Å²) in [5.74, 6) is 0. The molecule has 0 saturated heterocycles. The lowest BCUT2D eigenvalue weighted by atomic mass is 10.1. The van der Waals surface area contributed by atoms with E-state index >= 15 is 0 Å². The van der Waals surface area contributed by atoms with Crippen molar-refractivity contribution in [3.63, 3.8) is 0 Å². The minimum atomic E-state index is -3.70. The van der Waals surface area contributed by atoms with Gasteiger partial charge in [0.15, 0.2) is 0 Å². The summed E-state index contributed by atoms with van der Waals surface area (Å²) in [6, 6.07) is 4.39. The second-order valence-corrected chi connectivity index (χ2v) is 5.64. The van der Waals surface area contributed by atoms with Gasteiger partial charge in [-0.25, -0.2) is 17.9 Å². The number of amides is 2. The van der Waals surface area contributed by atoms with Crippen molar-refractivity contribution < 1.29 is 13.2 Å². The van der Waals surface area contributed by atoms with Gasteiger partial charge in [0.2, 0.25) is 0 Å². The van der Waals surface area contributed by atoms with Crippen LogP contribution in [0.15, 0.2) is 23.1 Å². The summed E-state index contributed by atoms with van der Waals surface area (Å²) in [5, 5.41) is 2.47. The first-order chi connectivity index (χ1) is 8.03. The molecule has 1 heterocycles. The summed E-state index contributed by atoms with van der Waals surface area (Å²) in [6.07, 6.45) is 2.91. The van der Waals surface area contributed by atoms with Gasteiger partial charge in [0.1, 0.15) is 4.90 Å². The third-order valence-electron chi connectivity index (χ3n) is 2.63. The van der Waals surface area contributed by atoms with E-state index in [9.17, 15) is 13.2 Å². The van der Waals surface area contributed by atoms with Crippen LogP contribution >= 0.6 is 0 Å². The van der Waals surface area contributed by atoms with E-state index in [4.69, 9.17) is 0 Å². The molecule has 1 aliphatic rings. The van der Waals surface area contributed by atoms with Crippen molar-refractivity contribution in [2.24, 2.45) is 0 Å². The van der Waals surface area contributed by atoms with E-state index in [1.165, 1.54) is 0 Å². The molecule has 0 spiro atoms. The number of fused-ring (bicyclic) bond motifs is 1. The van der Waals surface area contributed by atoms with E-state index in [0.29, 0.717) is 5.69 Å². The van der Waals surface area contributed by atoms with Crippen molar-refractivity contribution in [3.05, 3.63) is 23.8 Å². The normalized spacial score (nSPS) is 16.9. The Morgan fingerprint density at radius 1 is 1.29 bits per heavy atom. The Hall–Kier alpha value is -1.56. The topological polar surface area (TPSA) is 75.3 Å². The molecule has 6 heteroatoms. The fourth-order valence-corrected chi connectivity index (χ4v) is 2.87. The van der Waals surface area contributed by atoms with Gasteiger partial charge < -0.3 is 5.32 Å². The SMILES string of the molecule is CCCCc1ccc2c(c1)S(=O)(=O)NC(=O)N2. The van der Waals surface area contributed by atoms with Crippen molar-refractivity contribution >= 4 is 21.7 Å². The third kappa shape index (κ3) is 2.41. The van der Waals surface area contributed by atoms with E-state index < -0.39 is 16.1 Å². The molecule has 2 amide bonds. The average molecular weight is 254 g/mol. The lowest BCUT2D eigenvalue weighted by Gasteiger charge is -2.18. The number of unbranched alkanes of at least 4 members (excludes halogenated alkanes) is 1. The Balaban J connectivity index is 2.41. The van der Waals surface area contributed by atoms with E-state index in [1.54, 1.807) is 12.1 Å². The molecule has 2 N–H and O–H groups in total. The maximum Gasteiger partial charge on any atom is 0.333 e. The number of carbonyl (C=O) groups excluding carboxylic acids is 1. The highest BCUT2D eigenvalue weighted by atomic mass is 32.2. The lowest BCUT2D eigenvalue weighted by Crippen LogP contribution is -2.39. The molecule has 1 aromatic carbocycles.